The molecular weight excluding hydrogens is 424 g/mol. The molecule has 32 heavy (non-hydrogen) atoms. The molecule has 0 atom stereocenters. The van der Waals surface area contributed by atoms with Crippen molar-refractivity contribution in [2.24, 2.45) is 0 Å². The lowest BCUT2D eigenvalue weighted by Gasteiger charge is -2.14. The van der Waals surface area contributed by atoms with E-state index in [1.165, 1.54) is 24.3 Å². The summed E-state index contributed by atoms with van der Waals surface area (Å²) < 4.78 is 28.9. The molecule has 0 unspecified atom stereocenters. The zero-order chi connectivity index (χ0) is 22.3. The van der Waals surface area contributed by atoms with E-state index in [0.717, 1.165) is 10.8 Å². The van der Waals surface area contributed by atoms with Crippen molar-refractivity contribution in [3.8, 4) is 22.6 Å². The van der Waals surface area contributed by atoms with Gasteiger partial charge >= 0.3 is 0 Å². The van der Waals surface area contributed by atoms with E-state index in [4.69, 9.17) is 0 Å². The maximum absolute atomic E-state index is 13.2. The summed E-state index contributed by atoms with van der Waals surface area (Å²) in [5.41, 5.74) is 1.36. The number of hydrogen-bond acceptors (Lipinski definition) is 5. The third kappa shape index (κ3) is 3.38. The summed E-state index contributed by atoms with van der Waals surface area (Å²) >= 11 is 0. The molecule has 0 fully saturated rings. The summed E-state index contributed by atoms with van der Waals surface area (Å²) in [6.45, 7) is 0. The molecule has 0 aliphatic heterocycles. The number of fused-ring (bicyclic) bond motifs is 2. The van der Waals surface area contributed by atoms with Crippen molar-refractivity contribution in [1.29, 1.82) is 0 Å². The van der Waals surface area contributed by atoms with Crippen LogP contribution in [-0.2, 0) is 10.0 Å². The topological polar surface area (TPSA) is 99.5 Å². The van der Waals surface area contributed by atoms with Gasteiger partial charge in [-0.1, -0.05) is 48.5 Å². The molecular formula is C25H18N2O4S. The summed E-state index contributed by atoms with van der Waals surface area (Å²) in [6, 6.07) is 23.7. The summed E-state index contributed by atoms with van der Waals surface area (Å²) in [5, 5.41) is 23.4. The van der Waals surface area contributed by atoms with Crippen molar-refractivity contribution in [2.45, 2.75) is 4.90 Å². The predicted octanol–water partition coefficient (Wildman–Crippen LogP) is 5.27. The van der Waals surface area contributed by atoms with Gasteiger partial charge in [-0.2, -0.15) is 0 Å². The third-order valence-corrected chi connectivity index (χ3v) is 6.72. The fourth-order valence-electron chi connectivity index (χ4n) is 3.85. The first-order valence-electron chi connectivity index (χ1n) is 9.85. The van der Waals surface area contributed by atoms with E-state index < -0.39 is 10.0 Å². The molecule has 7 heteroatoms. The number of rotatable bonds is 4. The fraction of sp³-hybridized carbons (Fsp3) is 0. The van der Waals surface area contributed by atoms with Crippen LogP contribution in [0.2, 0.25) is 0 Å². The number of sulfonamides is 1. The highest BCUT2D eigenvalue weighted by Crippen LogP contribution is 2.42. The second kappa shape index (κ2) is 7.55. The minimum atomic E-state index is -3.96. The molecule has 0 saturated heterocycles. The van der Waals surface area contributed by atoms with Crippen LogP contribution in [0.3, 0.4) is 0 Å². The number of pyridine rings is 1. The van der Waals surface area contributed by atoms with Gasteiger partial charge in [-0.05, 0) is 47.2 Å². The van der Waals surface area contributed by atoms with Crippen LogP contribution in [0, 0.1) is 0 Å². The highest BCUT2D eigenvalue weighted by molar-refractivity contribution is 7.93. The van der Waals surface area contributed by atoms with E-state index in [1.807, 2.05) is 24.3 Å². The largest absolute Gasteiger partial charge is 0.507 e. The number of aromatic hydroxyl groups is 2. The van der Waals surface area contributed by atoms with Crippen LogP contribution in [0.25, 0.3) is 32.8 Å². The number of para-hydroxylation sites is 1. The lowest BCUT2D eigenvalue weighted by atomic mass is 9.96. The van der Waals surface area contributed by atoms with Crippen LogP contribution in [0.5, 0.6) is 11.5 Å². The van der Waals surface area contributed by atoms with Gasteiger partial charge in [-0.3, -0.25) is 9.71 Å². The Kier molecular flexibility index (Phi) is 4.68. The number of phenols is 2. The van der Waals surface area contributed by atoms with Crippen LogP contribution < -0.4 is 4.72 Å². The molecule has 0 radical (unpaired) electrons. The Morgan fingerprint density at radius 1 is 0.750 bits per heavy atom. The summed E-state index contributed by atoms with van der Waals surface area (Å²) in [5.74, 6) is -0.0938. The fourth-order valence-corrected chi connectivity index (χ4v) is 5.08. The lowest BCUT2D eigenvalue weighted by Crippen LogP contribution is -2.13. The normalized spacial score (nSPS) is 11.6. The number of benzene rings is 4. The van der Waals surface area contributed by atoms with Crippen molar-refractivity contribution in [2.75, 3.05) is 4.72 Å². The Labute approximate surface area is 184 Å². The van der Waals surface area contributed by atoms with E-state index in [1.54, 1.807) is 42.6 Å². The lowest BCUT2D eigenvalue weighted by molar-refractivity contribution is 0.470. The second-order valence-electron chi connectivity index (χ2n) is 7.35. The number of nitrogens with one attached hydrogen (secondary N) is 1. The average Bonchev–Trinajstić information content (AvgIpc) is 2.80. The zero-order valence-electron chi connectivity index (χ0n) is 16.7. The number of hydrogen-bond donors (Lipinski definition) is 3. The molecule has 0 aliphatic carbocycles. The maximum atomic E-state index is 13.2. The first-order chi connectivity index (χ1) is 15.4. The maximum Gasteiger partial charge on any atom is 0.264 e. The third-order valence-electron chi connectivity index (χ3n) is 5.31. The van der Waals surface area contributed by atoms with Gasteiger partial charge in [0.2, 0.25) is 0 Å². The SMILES string of the molecule is O=S(=O)(Nc1ccc(O)c(-c2c(O)ccc3ccccc23)c1)c1cccc2cccnc12. The highest BCUT2D eigenvalue weighted by Gasteiger charge is 2.20. The molecule has 158 valence electrons. The molecule has 0 saturated carbocycles. The molecule has 0 bridgehead atoms. The molecule has 0 amide bonds. The number of aromatic nitrogens is 1. The molecule has 0 aliphatic rings. The van der Waals surface area contributed by atoms with Gasteiger partial charge in [-0.25, -0.2) is 8.42 Å². The zero-order valence-corrected chi connectivity index (χ0v) is 17.5. The smallest absolute Gasteiger partial charge is 0.264 e. The van der Waals surface area contributed by atoms with Gasteiger partial charge in [0.05, 0.1) is 5.52 Å². The van der Waals surface area contributed by atoms with Gasteiger partial charge in [-0.15, -0.1) is 0 Å². The van der Waals surface area contributed by atoms with Crippen molar-refractivity contribution in [3.05, 3.63) is 91.1 Å². The minimum absolute atomic E-state index is 0.0164. The Morgan fingerprint density at radius 2 is 1.50 bits per heavy atom. The number of nitrogens with zero attached hydrogens (tertiary/aromatic N) is 1. The molecule has 0 spiro atoms. The van der Waals surface area contributed by atoms with Gasteiger partial charge in [0.25, 0.3) is 10.0 Å². The molecule has 3 N–H and O–H groups in total. The standard InChI is InChI=1S/C25H18N2O4S/c28-21-13-11-18(15-20(21)24-19-8-2-1-5-16(19)10-12-22(24)29)27-32(30,31)23-9-3-6-17-7-4-14-26-25(17)23/h1-15,27-29H. The average molecular weight is 442 g/mol. The summed E-state index contributed by atoms with van der Waals surface area (Å²) in [6.07, 6.45) is 1.54. The van der Waals surface area contributed by atoms with E-state index in [-0.39, 0.29) is 22.1 Å². The van der Waals surface area contributed by atoms with E-state index >= 15 is 0 Å². The highest BCUT2D eigenvalue weighted by atomic mass is 32.2. The van der Waals surface area contributed by atoms with E-state index in [0.29, 0.717) is 22.0 Å². The van der Waals surface area contributed by atoms with Crippen molar-refractivity contribution >= 4 is 37.4 Å². The molecule has 1 aromatic heterocycles. The Balaban J connectivity index is 1.62. The first-order valence-corrected chi connectivity index (χ1v) is 11.3. The molecule has 1 heterocycles. The number of phenolic OH excluding ortho intramolecular Hbond substituents is 2. The molecule has 5 aromatic rings. The Morgan fingerprint density at radius 3 is 2.38 bits per heavy atom. The summed E-state index contributed by atoms with van der Waals surface area (Å²) in [4.78, 5) is 4.28. The van der Waals surface area contributed by atoms with Gasteiger partial charge in [0.1, 0.15) is 16.4 Å². The van der Waals surface area contributed by atoms with Gasteiger partial charge in [0.15, 0.2) is 0 Å². The quantitative estimate of drug-likeness (QED) is 0.330. The van der Waals surface area contributed by atoms with Gasteiger partial charge < -0.3 is 10.2 Å². The Bertz CT molecular complexity index is 1590. The number of anilines is 1. The minimum Gasteiger partial charge on any atom is -0.507 e. The second-order valence-corrected chi connectivity index (χ2v) is 9.00. The van der Waals surface area contributed by atoms with Crippen LogP contribution in [0.4, 0.5) is 5.69 Å². The van der Waals surface area contributed by atoms with Crippen molar-refractivity contribution < 1.29 is 18.6 Å². The summed E-state index contributed by atoms with van der Waals surface area (Å²) in [7, 11) is -3.96. The molecule has 6 nitrogen and oxygen atoms in total. The van der Waals surface area contributed by atoms with Crippen LogP contribution in [0.15, 0.2) is 96.0 Å². The van der Waals surface area contributed by atoms with E-state index in [2.05, 4.69) is 9.71 Å². The predicted molar refractivity (Wildman–Crippen MR) is 125 cm³/mol. The van der Waals surface area contributed by atoms with Crippen molar-refractivity contribution in [1.82, 2.24) is 4.98 Å². The Hall–Kier alpha value is -4.10. The van der Waals surface area contributed by atoms with Crippen molar-refractivity contribution in [3.63, 3.8) is 0 Å². The monoisotopic (exact) mass is 442 g/mol. The van der Waals surface area contributed by atoms with E-state index in [9.17, 15) is 18.6 Å². The van der Waals surface area contributed by atoms with Gasteiger partial charge in [0, 0.05) is 28.4 Å². The molecule has 4 aromatic carbocycles. The molecule has 5 rings (SSSR count). The first kappa shape index (κ1) is 19.8. The van der Waals surface area contributed by atoms with Crippen LogP contribution in [-0.4, -0.2) is 23.6 Å². The van der Waals surface area contributed by atoms with Crippen LogP contribution in [0.1, 0.15) is 0 Å². The van der Waals surface area contributed by atoms with Crippen LogP contribution >= 0.6 is 0 Å².